The molecule has 0 radical (unpaired) electrons. The van der Waals surface area contributed by atoms with Gasteiger partial charge in [0.25, 0.3) is 0 Å². The van der Waals surface area contributed by atoms with Crippen LogP contribution in [0.4, 0.5) is 5.95 Å². The fourth-order valence-corrected chi connectivity index (χ4v) is 2.29. The highest BCUT2D eigenvalue weighted by atomic mass is 15.2. The zero-order valence-electron chi connectivity index (χ0n) is 11.9. The van der Waals surface area contributed by atoms with Crippen LogP contribution in [0.2, 0.25) is 0 Å². The van der Waals surface area contributed by atoms with E-state index in [1.54, 1.807) is 0 Å². The van der Waals surface area contributed by atoms with Crippen molar-refractivity contribution in [2.24, 2.45) is 0 Å². The third kappa shape index (κ3) is 3.42. The molecular formula is C14H24N4. The van der Waals surface area contributed by atoms with Crippen molar-refractivity contribution in [3.63, 3.8) is 0 Å². The molecule has 0 atom stereocenters. The maximum atomic E-state index is 4.61. The number of nitrogens with one attached hydrogen (secondary N) is 1. The van der Waals surface area contributed by atoms with E-state index in [-0.39, 0.29) is 0 Å². The Morgan fingerprint density at radius 2 is 1.94 bits per heavy atom. The number of nitrogens with zero attached hydrogens (tertiary/aromatic N) is 3. The largest absolute Gasteiger partial charge is 0.351 e. The van der Waals surface area contributed by atoms with Gasteiger partial charge in [-0.05, 0) is 51.9 Å². The van der Waals surface area contributed by atoms with Crippen molar-refractivity contribution in [1.82, 2.24) is 14.9 Å². The van der Waals surface area contributed by atoms with Crippen LogP contribution in [0.25, 0.3) is 0 Å². The van der Waals surface area contributed by atoms with Crippen molar-refractivity contribution in [3.05, 3.63) is 17.5 Å². The molecule has 0 bridgehead atoms. The van der Waals surface area contributed by atoms with Crippen LogP contribution >= 0.6 is 0 Å². The summed E-state index contributed by atoms with van der Waals surface area (Å²) in [6.07, 6.45) is 2.34. The Balaban J connectivity index is 2.04. The van der Waals surface area contributed by atoms with Crippen LogP contribution in [0.5, 0.6) is 0 Å². The Morgan fingerprint density at radius 1 is 1.28 bits per heavy atom. The van der Waals surface area contributed by atoms with Gasteiger partial charge in [-0.25, -0.2) is 9.97 Å². The molecule has 18 heavy (non-hydrogen) atoms. The zero-order valence-corrected chi connectivity index (χ0v) is 11.9. The van der Waals surface area contributed by atoms with Gasteiger partial charge in [-0.2, -0.15) is 0 Å². The molecule has 0 saturated carbocycles. The first-order valence-electron chi connectivity index (χ1n) is 6.85. The van der Waals surface area contributed by atoms with E-state index in [0.29, 0.717) is 12.0 Å². The van der Waals surface area contributed by atoms with E-state index in [0.717, 1.165) is 30.4 Å². The SMILES string of the molecule is Cc1cc(C(C)C)nc(NC2CCN(C)CC2)n1. The summed E-state index contributed by atoms with van der Waals surface area (Å²) in [5.41, 5.74) is 2.17. The van der Waals surface area contributed by atoms with Crippen LogP contribution in [-0.4, -0.2) is 41.0 Å². The average Bonchev–Trinajstić information content (AvgIpc) is 2.31. The minimum atomic E-state index is 0.449. The van der Waals surface area contributed by atoms with Crippen LogP contribution in [0.3, 0.4) is 0 Å². The molecule has 1 N–H and O–H groups in total. The second kappa shape index (κ2) is 5.65. The predicted octanol–water partition coefficient (Wildman–Crippen LogP) is 2.41. The first kappa shape index (κ1) is 13.3. The highest BCUT2D eigenvalue weighted by Gasteiger charge is 2.17. The third-order valence-corrected chi connectivity index (χ3v) is 3.52. The van der Waals surface area contributed by atoms with Gasteiger partial charge in [0.15, 0.2) is 0 Å². The van der Waals surface area contributed by atoms with Gasteiger partial charge in [0.05, 0.1) is 0 Å². The molecule has 2 rings (SSSR count). The predicted molar refractivity (Wildman–Crippen MR) is 75.0 cm³/mol. The molecule has 0 amide bonds. The molecule has 1 fully saturated rings. The molecule has 1 saturated heterocycles. The smallest absolute Gasteiger partial charge is 0.223 e. The minimum Gasteiger partial charge on any atom is -0.351 e. The first-order chi connectivity index (χ1) is 8.54. The third-order valence-electron chi connectivity index (χ3n) is 3.52. The Hall–Kier alpha value is -1.16. The fourth-order valence-electron chi connectivity index (χ4n) is 2.29. The van der Waals surface area contributed by atoms with E-state index in [4.69, 9.17) is 0 Å². The van der Waals surface area contributed by atoms with Gasteiger partial charge < -0.3 is 10.2 Å². The molecule has 1 aliphatic heterocycles. The minimum absolute atomic E-state index is 0.449. The maximum absolute atomic E-state index is 4.61. The van der Waals surface area contributed by atoms with Crippen LogP contribution < -0.4 is 5.32 Å². The monoisotopic (exact) mass is 248 g/mol. The summed E-state index contributed by atoms with van der Waals surface area (Å²) in [6, 6.07) is 2.59. The summed E-state index contributed by atoms with van der Waals surface area (Å²) < 4.78 is 0. The summed E-state index contributed by atoms with van der Waals surface area (Å²) in [5, 5.41) is 3.49. The second-order valence-corrected chi connectivity index (χ2v) is 5.63. The highest BCUT2D eigenvalue weighted by Crippen LogP contribution is 2.17. The van der Waals surface area contributed by atoms with Crippen molar-refractivity contribution in [2.75, 3.05) is 25.5 Å². The summed E-state index contributed by atoms with van der Waals surface area (Å²) in [7, 11) is 2.18. The molecule has 0 spiro atoms. The van der Waals surface area contributed by atoms with E-state index < -0.39 is 0 Å². The van der Waals surface area contributed by atoms with E-state index in [2.05, 4.69) is 47.1 Å². The van der Waals surface area contributed by atoms with Gasteiger partial charge in [-0.15, -0.1) is 0 Å². The van der Waals surface area contributed by atoms with Crippen LogP contribution in [0.1, 0.15) is 44.0 Å². The lowest BCUT2D eigenvalue weighted by Gasteiger charge is -2.29. The van der Waals surface area contributed by atoms with Crippen molar-refractivity contribution in [1.29, 1.82) is 0 Å². The molecular weight excluding hydrogens is 224 g/mol. The summed E-state index contributed by atoms with van der Waals surface area (Å²) in [5.74, 6) is 1.25. The number of aryl methyl sites for hydroxylation is 1. The lowest BCUT2D eigenvalue weighted by molar-refractivity contribution is 0.263. The number of hydrogen-bond acceptors (Lipinski definition) is 4. The summed E-state index contributed by atoms with van der Waals surface area (Å²) in [6.45, 7) is 8.68. The Labute approximate surface area is 110 Å². The average molecular weight is 248 g/mol. The van der Waals surface area contributed by atoms with Crippen LogP contribution in [0, 0.1) is 6.92 Å². The summed E-state index contributed by atoms with van der Waals surface area (Å²) in [4.78, 5) is 11.5. The Bertz CT molecular complexity index is 395. The molecule has 1 aliphatic rings. The van der Waals surface area contributed by atoms with Gasteiger partial charge in [-0.1, -0.05) is 13.8 Å². The van der Waals surface area contributed by atoms with Gasteiger partial charge in [0, 0.05) is 17.4 Å². The first-order valence-corrected chi connectivity index (χ1v) is 6.85. The molecule has 2 heterocycles. The normalized spacial score (nSPS) is 18.3. The Kier molecular flexibility index (Phi) is 4.17. The topological polar surface area (TPSA) is 41.1 Å². The van der Waals surface area contributed by atoms with E-state index in [9.17, 15) is 0 Å². The van der Waals surface area contributed by atoms with Crippen molar-refractivity contribution < 1.29 is 0 Å². The number of piperidine rings is 1. The molecule has 1 aromatic heterocycles. The lowest BCUT2D eigenvalue weighted by Crippen LogP contribution is -2.37. The van der Waals surface area contributed by atoms with Crippen LogP contribution in [0.15, 0.2) is 6.07 Å². The van der Waals surface area contributed by atoms with Gasteiger partial charge in [-0.3, -0.25) is 0 Å². The second-order valence-electron chi connectivity index (χ2n) is 5.63. The summed E-state index contributed by atoms with van der Waals surface area (Å²) >= 11 is 0. The molecule has 0 aliphatic carbocycles. The number of rotatable bonds is 3. The molecule has 0 aromatic carbocycles. The van der Waals surface area contributed by atoms with Crippen molar-refractivity contribution >= 4 is 5.95 Å². The molecule has 0 unspecified atom stereocenters. The maximum Gasteiger partial charge on any atom is 0.223 e. The Morgan fingerprint density at radius 3 is 2.56 bits per heavy atom. The van der Waals surface area contributed by atoms with Crippen molar-refractivity contribution in [3.8, 4) is 0 Å². The zero-order chi connectivity index (χ0) is 13.1. The van der Waals surface area contributed by atoms with Gasteiger partial charge >= 0.3 is 0 Å². The van der Waals surface area contributed by atoms with Gasteiger partial charge in [0.2, 0.25) is 5.95 Å². The number of hydrogen-bond donors (Lipinski definition) is 1. The number of likely N-dealkylation sites (tertiary alicyclic amines) is 1. The quantitative estimate of drug-likeness (QED) is 0.892. The number of anilines is 1. The van der Waals surface area contributed by atoms with E-state index in [1.165, 1.54) is 12.8 Å². The molecule has 100 valence electrons. The van der Waals surface area contributed by atoms with E-state index in [1.807, 2.05) is 6.92 Å². The van der Waals surface area contributed by atoms with Crippen LogP contribution in [-0.2, 0) is 0 Å². The molecule has 4 nitrogen and oxygen atoms in total. The highest BCUT2D eigenvalue weighted by molar-refractivity contribution is 5.30. The molecule has 1 aromatic rings. The van der Waals surface area contributed by atoms with Crippen molar-refractivity contribution in [2.45, 2.75) is 45.6 Å². The molecule has 4 heteroatoms. The van der Waals surface area contributed by atoms with Gasteiger partial charge in [0.1, 0.15) is 0 Å². The lowest BCUT2D eigenvalue weighted by atomic mass is 10.1. The number of aromatic nitrogens is 2. The fraction of sp³-hybridized carbons (Fsp3) is 0.714. The standard InChI is InChI=1S/C14H24N4/c1-10(2)13-9-11(3)15-14(17-13)16-12-5-7-18(4)8-6-12/h9-10,12H,5-8H2,1-4H3,(H,15,16,17). The van der Waals surface area contributed by atoms with E-state index >= 15 is 0 Å².